The lowest BCUT2D eigenvalue weighted by molar-refractivity contribution is 0.0991. The number of aromatic hydroxyl groups is 1. The molecule has 0 bridgehead atoms. The number of benzene rings is 1. The lowest BCUT2D eigenvalue weighted by atomic mass is 9.90. The molecule has 0 fully saturated rings. The normalized spacial score (nSPS) is 11.1. The third kappa shape index (κ3) is 2.66. The van der Waals surface area contributed by atoms with Crippen molar-refractivity contribution in [1.29, 1.82) is 0 Å². The number of aromatic nitrogens is 2. The van der Waals surface area contributed by atoms with E-state index < -0.39 is 11.8 Å². The molecule has 0 aliphatic heterocycles. The second kappa shape index (κ2) is 6.31. The van der Waals surface area contributed by atoms with E-state index >= 15 is 0 Å². The van der Waals surface area contributed by atoms with Gasteiger partial charge in [0.2, 0.25) is 0 Å². The Morgan fingerprint density at radius 1 is 1.15 bits per heavy atom. The minimum Gasteiger partial charge on any atom is -0.508 e. The predicted molar refractivity (Wildman–Crippen MR) is 103 cm³/mol. The molecule has 8 nitrogen and oxygen atoms in total. The molecule has 1 aromatic carbocycles. The van der Waals surface area contributed by atoms with Gasteiger partial charge in [-0.2, -0.15) is 0 Å². The summed E-state index contributed by atoms with van der Waals surface area (Å²) in [7, 11) is 0. The molecular weight excluding hydrogens is 346 g/mol. The molecule has 0 aliphatic carbocycles. The van der Waals surface area contributed by atoms with Gasteiger partial charge in [0.1, 0.15) is 11.4 Å². The number of carbonyl (C=O) groups excluding carboxylic acids is 2. The van der Waals surface area contributed by atoms with Gasteiger partial charge < -0.3 is 26.9 Å². The first-order chi connectivity index (χ1) is 12.7. The van der Waals surface area contributed by atoms with Gasteiger partial charge in [0.05, 0.1) is 11.3 Å². The number of nitrogens with zero attached hydrogens (tertiary/aromatic N) is 2. The summed E-state index contributed by atoms with van der Waals surface area (Å²) in [6.45, 7) is 5.94. The number of pyridine rings is 1. The highest BCUT2D eigenvalue weighted by Crippen LogP contribution is 2.42. The lowest BCUT2D eigenvalue weighted by Crippen LogP contribution is -2.18. The maximum atomic E-state index is 12.1. The molecular formula is C19H21N5O3. The van der Waals surface area contributed by atoms with Crippen molar-refractivity contribution in [3.8, 4) is 16.9 Å². The van der Waals surface area contributed by atoms with E-state index in [1.807, 2.05) is 13.8 Å². The summed E-state index contributed by atoms with van der Waals surface area (Å²) in [4.78, 5) is 28.4. The molecule has 3 rings (SSSR count). The number of primary amides is 2. The smallest absolute Gasteiger partial charge is 0.269 e. The second-order valence-corrected chi connectivity index (χ2v) is 6.41. The molecule has 2 amide bonds. The molecule has 0 atom stereocenters. The van der Waals surface area contributed by atoms with Gasteiger partial charge in [-0.25, -0.2) is 4.98 Å². The maximum Gasteiger partial charge on any atom is 0.269 e. The zero-order valence-electron chi connectivity index (χ0n) is 15.3. The van der Waals surface area contributed by atoms with Crippen LogP contribution >= 0.6 is 0 Å². The molecule has 2 heterocycles. The summed E-state index contributed by atoms with van der Waals surface area (Å²) in [6.07, 6.45) is 1.58. The fraction of sp³-hybridized carbons (Fsp3) is 0.211. The molecule has 140 valence electrons. The SMILES string of the molecule is CCn1cc(C(N)=O)c2c(-c3c(C)ccc(O)c3C)c(N)c(C(N)=O)nc21. The summed E-state index contributed by atoms with van der Waals surface area (Å²) in [5, 5.41) is 10.6. The number of nitrogens with two attached hydrogens (primary N) is 3. The first-order valence-corrected chi connectivity index (χ1v) is 8.40. The maximum absolute atomic E-state index is 12.1. The fourth-order valence-corrected chi connectivity index (χ4v) is 3.43. The third-order valence-electron chi connectivity index (χ3n) is 4.78. The zero-order chi connectivity index (χ0) is 20.0. The minimum atomic E-state index is -0.782. The van der Waals surface area contributed by atoms with Crippen molar-refractivity contribution in [2.45, 2.75) is 27.3 Å². The van der Waals surface area contributed by atoms with Crippen molar-refractivity contribution in [2.75, 3.05) is 5.73 Å². The van der Waals surface area contributed by atoms with Gasteiger partial charge in [0.25, 0.3) is 11.8 Å². The highest BCUT2D eigenvalue weighted by molar-refractivity contribution is 6.16. The molecule has 3 aromatic rings. The van der Waals surface area contributed by atoms with E-state index in [0.29, 0.717) is 34.3 Å². The van der Waals surface area contributed by atoms with Crippen LogP contribution in [0.2, 0.25) is 0 Å². The van der Waals surface area contributed by atoms with Crippen molar-refractivity contribution < 1.29 is 14.7 Å². The molecule has 0 radical (unpaired) electrons. The Hall–Kier alpha value is -3.55. The van der Waals surface area contributed by atoms with Crippen molar-refractivity contribution >= 4 is 28.5 Å². The van der Waals surface area contributed by atoms with Crippen LogP contribution in [0.4, 0.5) is 5.69 Å². The van der Waals surface area contributed by atoms with Gasteiger partial charge in [-0.05, 0) is 43.5 Å². The molecule has 8 heteroatoms. The number of anilines is 1. The zero-order valence-corrected chi connectivity index (χ0v) is 15.3. The third-order valence-corrected chi connectivity index (χ3v) is 4.78. The van der Waals surface area contributed by atoms with Crippen molar-refractivity contribution in [3.63, 3.8) is 0 Å². The number of hydrogen-bond acceptors (Lipinski definition) is 5. The van der Waals surface area contributed by atoms with Crippen LogP contribution in [0.15, 0.2) is 18.3 Å². The average molecular weight is 367 g/mol. The Morgan fingerprint density at radius 3 is 2.37 bits per heavy atom. The number of nitrogen functional groups attached to an aromatic ring is 1. The van der Waals surface area contributed by atoms with Crippen LogP contribution in [0.25, 0.3) is 22.2 Å². The summed E-state index contributed by atoms with van der Waals surface area (Å²) in [5.74, 6) is -1.36. The molecule has 7 N–H and O–H groups in total. The Balaban J connectivity index is 2.64. The Kier molecular flexibility index (Phi) is 4.27. The van der Waals surface area contributed by atoms with Crippen LogP contribution in [-0.2, 0) is 6.54 Å². The molecule has 2 aromatic heterocycles. The quantitative estimate of drug-likeness (QED) is 0.554. The molecule has 27 heavy (non-hydrogen) atoms. The van der Waals surface area contributed by atoms with E-state index in [2.05, 4.69) is 4.98 Å². The first kappa shape index (κ1) is 18.2. The van der Waals surface area contributed by atoms with Crippen molar-refractivity contribution in [3.05, 3.63) is 40.7 Å². The van der Waals surface area contributed by atoms with Gasteiger partial charge >= 0.3 is 0 Å². The number of fused-ring (bicyclic) bond motifs is 1. The van der Waals surface area contributed by atoms with Crippen molar-refractivity contribution in [1.82, 2.24) is 9.55 Å². The van der Waals surface area contributed by atoms with Crippen LogP contribution in [0.5, 0.6) is 5.75 Å². The number of aryl methyl sites for hydroxylation is 2. The van der Waals surface area contributed by atoms with Gasteiger partial charge in [-0.15, -0.1) is 0 Å². The number of rotatable bonds is 4. The highest BCUT2D eigenvalue weighted by Gasteiger charge is 2.26. The standard InChI is InChI=1S/C19H21N5O3/c1-4-24-7-10(17(21)26)13-14(12-8(2)5-6-11(25)9(12)3)15(20)16(18(22)27)23-19(13)24/h5-7,25H,4,20H2,1-3H3,(H2,21,26)(H2,22,27). The summed E-state index contributed by atoms with van der Waals surface area (Å²) in [5.41, 5.74) is 20.3. The Morgan fingerprint density at radius 2 is 1.81 bits per heavy atom. The largest absolute Gasteiger partial charge is 0.508 e. The molecule has 0 aliphatic rings. The first-order valence-electron chi connectivity index (χ1n) is 8.40. The molecule has 0 spiro atoms. The van der Waals surface area contributed by atoms with Gasteiger partial charge in [-0.3, -0.25) is 9.59 Å². The fourth-order valence-electron chi connectivity index (χ4n) is 3.43. The second-order valence-electron chi connectivity index (χ2n) is 6.41. The van der Waals surface area contributed by atoms with Crippen molar-refractivity contribution in [2.24, 2.45) is 11.5 Å². The van der Waals surface area contributed by atoms with E-state index in [0.717, 1.165) is 5.56 Å². The number of amides is 2. The number of phenols is 1. The lowest BCUT2D eigenvalue weighted by Gasteiger charge is -2.17. The molecule has 0 saturated carbocycles. The number of hydrogen-bond donors (Lipinski definition) is 4. The van der Waals surface area contributed by atoms with Crippen LogP contribution < -0.4 is 17.2 Å². The van der Waals surface area contributed by atoms with Gasteiger partial charge in [0.15, 0.2) is 5.69 Å². The number of carbonyl (C=O) groups is 2. The topological polar surface area (TPSA) is 150 Å². The Bertz CT molecular complexity index is 1110. The average Bonchev–Trinajstić information content (AvgIpc) is 2.98. The molecule has 0 unspecified atom stereocenters. The van der Waals surface area contributed by atoms with Crippen LogP contribution in [0.1, 0.15) is 38.9 Å². The van der Waals surface area contributed by atoms with Crippen LogP contribution in [0.3, 0.4) is 0 Å². The van der Waals surface area contributed by atoms with Crippen LogP contribution in [-0.4, -0.2) is 26.5 Å². The molecule has 0 saturated heterocycles. The van der Waals surface area contributed by atoms with Crippen LogP contribution in [0, 0.1) is 13.8 Å². The van der Waals surface area contributed by atoms with Gasteiger partial charge in [-0.1, -0.05) is 6.07 Å². The van der Waals surface area contributed by atoms with E-state index in [1.54, 1.807) is 29.8 Å². The van der Waals surface area contributed by atoms with Gasteiger partial charge in [0, 0.05) is 23.7 Å². The Labute approximate surface area is 155 Å². The minimum absolute atomic E-state index is 0.0446. The predicted octanol–water partition coefficient (Wildman–Crippen LogP) is 1.83. The van der Waals surface area contributed by atoms with E-state index in [-0.39, 0.29) is 22.7 Å². The summed E-state index contributed by atoms with van der Waals surface area (Å²) < 4.78 is 1.71. The summed E-state index contributed by atoms with van der Waals surface area (Å²) in [6, 6.07) is 3.30. The van der Waals surface area contributed by atoms with E-state index in [4.69, 9.17) is 17.2 Å². The van der Waals surface area contributed by atoms with E-state index in [9.17, 15) is 14.7 Å². The highest BCUT2D eigenvalue weighted by atomic mass is 16.3. The number of phenolic OH excluding ortho intramolecular Hbond substituents is 1. The summed E-state index contributed by atoms with van der Waals surface area (Å²) >= 11 is 0. The van der Waals surface area contributed by atoms with E-state index in [1.165, 1.54) is 0 Å². The monoisotopic (exact) mass is 367 g/mol.